The van der Waals surface area contributed by atoms with Gasteiger partial charge in [0.05, 0.1) is 5.56 Å². The fraction of sp³-hybridized carbons (Fsp3) is 0.143. The van der Waals surface area contributed by atoms with Gasteiger partial charge in [0.1, 0.15) is 4.60 Å². The minimum Gasteiger partial charge on any atom is -0.311 e. The van der Waals surface area contributed by atoms with Crippen molar-refractivity contribution in [3.63, 3.8) is 0 Å². The first-order valence-electron chi connectivity index (χ1n) is 5.55. The number of halogens is 1. The molecule has 1 heterocycles. The van der Waals surface area contributed by atoms with Crippen molar-refractivity contribution in [2.75, 3.05) is 11.9 Å². The number of hydrogen-bond acceptors (Lipinski definition) is 2. The number of hydrogen-bond donors (Lipinski definition) is 0. The van der Waals surface area contributed by atoms with E-state index < -0.39 is 0 Å². The molecule has 1 aromatic heterocycles. The molecular weight excluding hydrogens is 292 g/mol. The molecule has 0 radical (unpaired) electrons. The smallest absolute Gasteiger partial charge is 0.260 e. The molecule has 2 rings (SSSR count). The molecular formula is C14H13BrN2O. The standard InChI is InChI=1S/C14H13BrN2O/c1-10-5-7-11(8-6-10)17(2)14(18)12-4-3-9-16-13(12)15/h3-9H,1-2H3. The topological polar surface area (TPSA) is 33.2 Å². The van der Waals surface area contributed by atoms with E-state index in [0.717, 1.165) is 5.69 Å². The van der Waals surface area contributed by atoms with Crippen LogP contribution in [0.25, 0.3) is 0 Å². The maximum atomic E-state index is 12.3. The summed E-state index contributed by atoms with van der Waals surface area (Å²) in [7, 11) is 1.76. The van der Waals surface area contributed by atoms with E-state index in [1.165, 1.54) is 5.56 Å². The van der Waals surface area contributed by atoms with Gasteiger partial charge in [0.25, 0.3) is 5.91 Å². The summed E-state index contributed by atoms with van der Waals surface area (Å²) in [6.07, 6.45) is 1.65. The molecule has 0 aliphatic heterocycles. The minimum absolute atomic E-state index is 0.0844. The first-order chi connectivity index (χ1) is 8.59. The second kappa shape index (κ2) is 5.31. The van der Waals surface area contributed by atoms with Gasteiger partial charge in [-0.25, -0.2) is 4.98 Å². The Kier molecular flexibility index (Phi) is 3.77. The van der Waals surface area contributed by atoms with Crippen molar-refractivity contribution >= 4 is 27.5 Å². The number of anilines is 1. The second-order valence-corrected chi connectivity index (χ2v) is 4.79. The van der Waals surface area contributed by atoms with Gasteiger partial charge in [0.15, 0.2) is 0 Å². The summed E-state index contributed by atoms with van der Waals surface area (Å²) in [5.74, 6) is -0.0844. The van der Waals surface area contributed by atoms with Gasteiger partial charge in [-0.3, -0.25) is 4.79 Å². The fourth-order valence-electron chi connectivity index (χ4n) is 1.61. The van der Waals surface area contributed by atoms with Crippen LogP contribution in [-0.2, 0) is 0 Å². The molecule has 0 aliphatic carbocycles. The third kappa shape index (κ3) is 2.59. The maximum Gasteiger partial charge on any atom is 0.260 e. The van der Waals surface area contributed by atoms with Crippen LogP contribution < -0.4 is 4.90 Å². The number of carbonyl (C=O) groups is 1. The number of rotatable bonds is 2. The third-order valence-electron chi connectivity index (χ3n) is 2.72. The van der Waals surface area contributed by atoms with Gasteiger partial charge in [-0.2, -0.15) is 0 Å². The van der Waals surface area contributed by atoms with Crippen LogP contribution in [0.4, 0.5) is 5.69 Å². The molecule has 0 saturated carbocycles. The van der Waals surface area contributed by atoms with Gasteiger partial charge < -0.3 is 4.90 Å². The number of pyridine rings is 1. The van der Waals surface area contributed by atoms with Gasteiger partial charge >= 0.3 is 0 Å². The van der Waals surface area contributed by atoms with Crippen molar-refractivity contribution in [2.45, 2.75) is 6.92 Å². The predicted molar refractivity (Wildman–Crippen MR) is 75.8 cm³/mol. The lowest BCUT2D eigenvalue weighted by atomic mass is 10.2. The summed E-state index contributed by atoms with van der Waals surface area (Å²) in [6, 6.07) is 11.3. The van der Waals surface area contributed by atoms with Gasteiger partial charge in [-0.1, -0.05) is 17.7 Å². The molecule has 3 nitrogen and oxygen atoms in total. The van der Waals surface area contributed by atoms with Crippen molar-refractivity contribution in [3.8, 4) is 0 Å². The Morgan fingerprint density at radius 3 is 2.50 bits per heavy atom. The lowest BCUT2D eigenvalue weighted by molar-refractivity contribution is 0.0992. The minimum atomic E-state index is -0.0844. The number of aromatic nitrogens is 1. The van der Waals surface area contributed by atoms with Crippen molar-refractivity contribution in [1.82, 2.24) is 4.98 Å². The summed E-state index contributed by atoms with van der Waals surface area (Å²) < 4.78 is 0.564. The molecule has 0 bridgehead atoms. The largest absolute Gasteiger partial charge is 0.311 e. The number of carbonyl (C=O) groups excluding carboxylic acids is 1. The Balaban J connectivity index is 2.29. The molecule has 1 aromatic carbocycles. The van der Waals surface area contributed by atoms with Gasteiger partial charge in [0, 0.05) is 18.9 Å². The third-order valence-corrected chi connectivity index (χ3v) is 3.35. The first-order valence-corrected chi connectivity index (χ1v) is 6.34. The highest BCUT2D eigenvalue weighted by Crippen LogP contribution is 2.19. The fourth-order valence-corrected chi connectivity index (χ4v) is 2.03. The van der Waals surface area contributed by atoms with Crippen LogP contribution in [0.5, 0.6) is 0 Å². The molecule has 18 heavy (non-hydrogen) atoms. The lowest BCUT2D eigenvalue weighted by Crippen LogP contribution is -2.26. The normalized spacial score (nSPS) is 10.2. The SMILES string of the molecule is Cc1ccc(N(C)C(=O)c2cccnc2Br)cc1. The van der Waals surface area contributed by atoms with E-state index in [2.05, 4.69) is 20.9 Å². The average molecular weight is 305 g/mol. The highest BCUT2D eigenvalue weighted by molar-refractivity contribution is 9.10. The lowest BCUT2D eigenvalue weighted by Gasteiger charge is -2.18. The molecule has 4 heteroatoms. The monoisotopic (exact) mass is 304 g/mol. The summed E-state index contributed by atoms with van der Waals surface area (Å²) >= 11 is 3.29. The van der Waals surface area contributed by atoms with E-state index in [4.69, 9.17) is 0 Å². The molecule has 0 fully saturated rings. The van der Waals surface area contributed by atoms with E-state index in [0.29, 0.717) is 10.2 Å². The zero-order valence-electron chi connectivity index (χ0n) is 10.2. The first kappa shape index (κ1) is 12.8. The van der Waals surface area contributed by atoms with Crippen LogP contribution in [0.15, 0.2) is 47.2 Å². The Hall–Kier alpha value is -1.68. The average Bonchev–Trinajstić information content (AvgIpc) is 2.38. The Morgan fingerprint density at radius 2 is 1.89 bits per heavy atom. The molecule has 0 saturated heterocycles. The summed E-state index contributed by atoms with van der Waals surface area (Å²) in [6.45, 7) is 2.02. The van der Waals surface area contributed by atoms with Crippen LogP contribution in [0.2, 0.25) is 0 Å². The van der Waals surface area contributed by atoms with E-state index in [1.54, 1.807) is 30.3 Å². The zero-order chi connectivity index (χ0) is 13.1. The van der Waals surface area contributed by atoms with Crippen LogP contribution >= 0.6 is 15.9 Å². The summed E-state index contributed by atoms with van der Waals surface area (Å²) in [5.41, 5.74) is 2.59. The quantitative estimate of drug-likeness (QED) is 0.796. The molecule has 0 spiro atoms. The number of benzene rings is 1. The van der Waals surface area contributed by atoms with Crippen molar-refractivity contribution in [1.29, 1.82) is 0 Å². The number of nitrogens with zero attached hydrogens (tertiary/aromatic N) is 2. The molecule has 0 N–H and O–H groups in total. The molecule has 92 valence electrons. The predicted octanol–water partition coefficient (Wildman–Crippen LogP) is 3.43. The zero-order valence-corrected chi connectivity index (χ0v) is 11.8. The van der Waals surface area contributed by atoms with Gasteiger partial charge in [0.2, 0.25) is 0 Å². The van der Waals surface area contributed by atoms with E-state index in [9.17, 15) is 4.79 Å². The van der Waals surface area contributed by atoms with Crippen molar-refractivity contribution in [2.24, 2.45) is 0 Å². The molecule has 0 unspecified atom stereocenters. The second-order valence-electron chi connectivity index (χ2n) is 4.04. The Bertz CT molecular complexity index is 566. The van der Waals surface area contributed by atoms with E-state index in [1.807, 2.05) is 31.2 Å². The van der Waals surface area contributed by atoms with Crippen LogP contribution in [0.3, 0.4) is 0 Å². The van der Waals surface area contributed by atoms with Crippen LogP contribution in [0, 0.1) is 6.92 Å². The molecule has 2 aromatic rings. The maximum absolute atomic E-state index is 12.3. The summed E-state index contributed by atoms with van der Waals surface area (Å²) in [5, 5.41) is 0. The Morgan fingerprint density at radius 1 is 1.22 bits per heavy atom. The summed E-state index contributed by atoms with van der Waals surface area (Å²) in [4.78, 5) is 18.0. The van der Waals surface area contributed by atoms with E-state index in [-0.39, 0.29) is 5.91 Å². The van der Waals surface area contributed by atoms with Crippen LogP contribution in [-0.4, -0.2) is 17.9 Å². The van der Waals surface area contributed by atoms with Crippen molar-refractivity contribution in [3.05, 3.63) is 58.3 Å². The van der Waals surface area contributed by atoms with Crippen molar-refractivity contribution < 1.29 is 4.79 Å². The molecule has 0 atom stereocenters. The van der Waals surface area contributed by atoms with Gasteiger partial charge in [-0.05, 0) is 47.1 Å². The highest BCUT2D eigenvalue weighted by Gasteiger charge is 2.16. The van der Waals surface area contributed by atoms with Crippen LogP contribution in [0.1, 0.15) is 15.9 Å². The highest BCUT2D eigenvalue weighted by atomic mass is 79.9. The Labute approximate surface area is 115 Å². The number of aryl methyl sites for hydroxylation is 1. The molecule has 0 aliphatic rings. The molecule has 1 amide bonds. The van der Waals surface area contributed by atoms with E-state index >= 15 is 0 Å². The van der Waals surface area contributed by atoms with Gasteiger partial charge in [-0.15, -0.1) is 0 Å². The number of amides is 1.